The first-order chi connectivity index (χ1) is 23.7. The Morgan fingerprint density at radius 2 is 1.64 bits per heavy atom. The fraction of sp³-hybridized carbons (Fsp3) is 0.825. The summed E-state index contributed by atoms with van der Waals surface area (Å²) in [4.78, 5) is 37.6. The van der Waals surface area contributed by atoms with Crippen molar-refractivity contribution in [1.82, 2.24) is 10.6 Å². The van der Waals surface area contributed by atoms with E-state index in [1.807, 2.05) is 20.8 Å². The lowest BCUT2D eigenvalue weighted by molar-refractivity contribution is -0.324. The molecule has 10 heteroatoms. The molecule has 1 spiro atoms. The molecule has 3 fully saturated rings. The first kappa shape index (κ1) is 42.3. The molecule has 0 aromatic rings. The van der Waals surface area contributed by atoms with Gasteiger partial charge in [0.15, 0.2) is 11.6 Å². The molecule has 3 aliphatic rings. The maximum Gasteiger partial charge on any atom is 0.225 e. The lowest BCUT2D eigenvalue weighted by atomic mass is 9.85. The molecule has 0 unspecified atom stereocenters. The van der Waals surface area contributed by atoms with Gasteiger partial charge in [-0.05, 0) is 108 Å². The highest BCUT2D eigenvalue weighted by Crippen LogP contribution is 2.43. The van der Waals surface area contributed by atoms with Crippen LogP contribution in [0.15, 0.2) is 23.8 Å². The number of aliphatic hydroxyl groups is 2. The summed E-state index contributed by atoms with van der Waals surface area (Å²) in [5, 5.41) is 26.2. The Bertz CT molecular complexity index is 1140. The van der Waals surface area contributed by atoms with Crippen molar-refractivity contribution in [3.8, 4) is 0 Å². The second-order valence-electron chi connectivity index (χ2n) is 15.7. The number of ketones is 1. The summed E-state index contributed by atoms with van der Waals surface area (Å²) < 4.78 is 19.5. The number of ether oxygens (including phenoxy) is 3. The van der Waals surface area contributed by atoms with Crippen LogP contribution >= 0.6 is 0 Å². The fourth-order valence-electron chi connectivity index (χ4n) is 7.51. The van der Waals surface area contributed by atoms with Crippen molar-refractivity contribution in [3.63, 3.8) is 0 Å². The summed E-state index contributed by atoms with van der Waals surface area (Å²) in [6, 6.07) is 0. The molecule has 3 saturated heterocycles. The predicted molar refractivity (Wildman–Crippen MR) is 195 cm³/mol. The molecular formula is C40H68N2O8. The average molecular weight is 705 g/mol. The Kier molecular flexibility index (Phi) is 17.6. The van der Waals surface area contributed by atoms with E-state index < -0.39 is 23.9 Å². The quantitative estimate of drug-likeness (QED) is 0.0782. The van der Waals surface area contributed by atoms with Crippen molar-refractivity contribution in [1.29, 1.82) is 0 Å². The van der Waals surface area contributed by atoms with Gasteiger partial charge in [-0.25, -0.2) is 0 Å². The Morgan fingerprint density at radius 1 is 0.900 bits per heavy atom. The lowest BCUT2D eigenvalue weighted by Gasteiger charge is -2.48. The van der Waals surface area contributed by atoms with E-state index in [2.05, 4.69) is 30.6 Å². The maximum absolute atomic E-state index is 12.9. The molecule has 0 aliphatic carbocycles. The van der Waals surface area contributed by atoms with E-state index in [-0.39, 0.29) is 60.9 Å². The van der Waals surface area contributed by atoms with Gasteiger partial charge in [-0.3, -0.25) is 14.4 Å². The number of allylic oxidation sites excluding steroid dienone is 3. The van der Waals surface area contributed by atoms with Crippen molar-refractivity contribution in [3.05, 3.63) is 23.8 Å². The first-order valence-corrected chi connectivity index (χ1v) is 19.5. The van der Waals surface area contributed by atoms with Crippen LogP contribution in [0.3, 0.4) is 0 Å². The second-order valence-corrected chi connectivity index (χ2v) is 15.7. The zero-order valence-corrected chi connectivity index (χ0v) is 32.0. The van der Waals surface area contributed by atoms with Crippen LogP contribution in [0.4, 0.5) is 0 Å². The largest absolute Gasteiger partial charge is 0.390 e. The smallest absolute Gasteiger partial charge is 0.225 e. The van der Waals surface area contributed by atoms with Crippen LogP contribution in [-0.2, 0) is 28.6 Å². The molecule has 0 aromatic heterocycles. The molecule has 2 amide bonds. The van der Waals surface area contributed by atoms with Gasteiger partial charge in [0.05, 0.1) is 49.0 Å². The monoisotopic (exact) mass is 704 g/mol. The zero-order valence-electron chi connectivity index (χ0n) is 32.0. The van der Waals surface area contributed by atoms with Gasteiger partial charge < -0.3 is 35.1 Å². The first-order valence-electron chi connectivity index (χ1n) is 19.5. The zero-order chi connectivity index (χ0) is 36.8. The average Bonchev–Trinajstić information content (AvgIpc) is 3.07. The minimum Gasteiger partial charge on any atom is -0.390 e. The van der Waals surface area contributed by atoms with Gasteiger partial charge in [-0.15, -0.1) is 0 Å². The minimum atomic E-state index is -1.02. The highest BCUT2D eigenvalue weighted by Gasteiger charge is 2.44. The number of amides is 2. The van der Waals surface area contributed by atoms with E-state index >= 15 is 0 Å². The minimum absolute atomic E-state index is 0.0223. The SMILES string of the molecule is C/C=C/C(=O)C[C@H]1CC[C@H](C)[C@H](CC(=O)NC[C@@H](O)[C@H](C)C(=O)NCCC[C@H]2O[C@@]3(CCC[C@@H](CC[C@H](C)/C=C(\C)[C@@H](C)O)O3)CC[C@@H]2C)O1. The molecule has 3 rings (SSSR count). The molecule has 3 heterocycles. The summed E-state index contributed by atoms with van der Waals surface area (Å²) in [7, 11) is 0. The van der Waals surface area contributed by atoms with Crippen molar-refractivity contribution in [2.45, 2.75) is 174 Å². The summed E-state index contributed by atoms with van der Waals surface area (Å²) >= 11 is 0. The Morgan fingerprint density at radius 3 is 2.36 bits per heavy atom. The summed E-state index contributed by atoms with van der Waals surface area (Å²) in [5.74, 6) is -0.680. The molecule has 286 valence electrons. The van der Waals surface area contributed by atoms with Crippen LogP contribution in [0.2, 0.25) is 0 Å². The van der Waals surface area contributed by atoms with Gasteiger partial charge in [0.2, 0.25) is 11.8 Å². The van der Waals surface area contributed by atoms with Crippen molar-refractivity contribution in [2.75, 3.05) is 13.1 Å². The van der Waals surface area contributed by atoms with Crippen LogP contribution in [0.25, 0.3) is 0 Å². The lowest BCUT2D eigenvalue weighted by Crippen LogP contribution is -2.50. The summed E-state index contributed by atoms with van der Waals surface area (Å²) in [6.07, 6.45) is 14.5. The molecule has 3 aliphatic heterocycles. The van der Waals surface area contributed by atoms with Crippen LogP contribution in [0.1, 0.15) is 132 Å². The maximum atomic E-state index is 12.9. The van der Waals surface area contributed by atoms with Gasteiger partial charge in [0.1, 0.15) is 0 Å². The number of hydrogen-bond donors (Lipinski definition) is 4. The molecule has 0 aromatic carbocycles. The van der Waals surface area contributed by atoms with E-state index in [9.17, 15) is 24.6 Å². The molecule has 10 nitrogen and oxygen atoms in total. The van der Waals surface area contributed by atoms with Gasteiger partial charge in [0.25, 0.3) is 0 Å². The normalized spacial score (nSPS) is 31.6. The van der Waals surface area contributed by atoms with Crippen molar-refractivity contribution in [2.24, 2.45) is 23.7 Å². The molecule has 4 N–H and O–H groups in total. The van der Waals surface area contributed by atoms with Gasteiger partial charge in [-0.1, -0.05) is 39.8 Å². The Labute approximate surface area is 301 Å². The topological polar surface area (TPSA) is 143 Å². The van der Waals surface area contributed by atoms with E-state index in [1.165, 1.54) is 0 Å². The number of rotatable bonds is 18. The fourth-order valence-corrected chi connectivity index (χ4v) is 7.51. The van der Waals surface area contributed by atoms with Gasteiger partial charge in [0, 0.05) is 32.4 Å². The molecular weight excluding hydrogens is 636 g/mol. The van der Waals surface area contributed by atoms with Crippen LogP contribution in [0, 0.1) is 23.7 Å². The van der Waals surface area contributed by atoms with E-state index in [0.717, 1.165) is 76.2 Å². The number of aliphatic hydroxyl groups excluding tert-OH is 2. The van der Waals surface area contributed by atoms with E-state index in [4.69, 9.17) is 14.2 Å². The predicted octanol–water partition coefficient (Wildman–Crippen LogP) is 5.93. The van der Waals surface area contributed by atoms with Crippen LogP contribution in [0.5, 0.6) is 0 Å². The molecule has 0 bridgehead atoms. The highest BCUT2D eigenvalue weighted by molar-refractivity contribution is 5.89. The number of carbonyl (C=O) groups excluding carboxylic acids is 3. The second kappa shape index (κ2) is 20.8. The third-order valence-electron chi connectivity index (χ3n) is 11.2. The Hall–Kier alpha value is -2.11. The summed E-state index contributed by atoms with van der Waals surface area (Å²) in [5.41, 5.74) is 1.01. The van der Waals surface area contributed by atoms with E-state index in [1.54, 1.807) is 26.0 Å². The van der Waals surface area contributed by atoms with Crippen molar-refractivity contribution >= 4 is 17.6 Å². The number of carbonyl (C=O) groups is 3. The highest BCUT2D eigenvalue weighted by atomic mass is 16.7. The van der Waals surface area contributed by atoms with E-state index in [0.29, 0.717) is 24.8 Å². The van der Waals surface area contributed by atoms with Gasteiger partial charge in [-0.2, -0.15) is 0 Å². The summed E-state index contributed by atoms with van der Waals surface area (Å²) in [6.45, 7) is 14.2. The van der Waals surface area contributed by atoms with Crippen molar-refractivity contribution < 1.29 is 38.8 Å². The third kappa shape index (κ3) is 13.8. The molecule has 11 atom stereocenters. The van der Waals surface area contributed by atoms with Gasteiger partial charge >= 0.3 is 0 Å². The molecule has 0 radical (unpaired) electrons. The van der Waals surface area contributed by atoms with Crippen LogP contribution < -0.4 is 10.6 Å². The molecule has 0 saturated carbocycles. The standard InChI is InChI=1S/C40H68N2O8/c1-8-11-32(44)23-34-17-15-27(3)37(48-34)24-38(46)42-25-35(45)30(6)39(47)41-21-10-13-36-28(4)18-20-40(50-36)19-9-12-33(49-40)16-14-26(2)22-29(5)31(7)43/h8,11,22,26-28,30-31,33-37,43,45H,9-10,12-21,23-25H2,1-7H3,(H,41,47)(H,42,46)/b11-8+,29-22+/t26-,27-,28-,30-,31+,33-,34+,35+,36+,37-,40-/m0/s1. The van der Waals surface area contributed by atoms with Crippen LogP contribution in [-0.4, -0.2) is 83.3 Å². The Balaban J connectivity index is 1.36. The number of nitrogens with one attached hydrogen (secondary N) is 2. The third-order valence-corrected chi connectivity index (χ3v) is 11.2. The molecule has 50 heavy (non-hydrogen) atoms. The number of hydrogen-bond acceptors (Lipinski definition) is 8.